The van der Waals surface area contributed by atoms with E-state index < -0.39 is 24.4 Å². The number of aromatic nitrogens is 1. The minimum absolute atomic E-state index is 0.0556. The highest BCUT2D eigenvalue weighted by atomic mass is 19.3. The fourth-order valence-corrected chi connectivity index (χ4v) is 3.84. The Morgan fingerprint density at radius 1 is 1.10 bits per heavy atom. The lowest BCUT2D eigenvalue weighted by molar-refractivity contribution is -0.139. The molecule has 1 heterocycles. The van der Waals surface area contributed by atoms with Gasteiger partial charge in [0.1, 0.15) is 11.5 Å². The molecular formula is C23H23F2NO5. The topological polar surface area (TPSA) is 77.8 Å². The van der Waals surface area contributed by atoms with E-state index in [0.29, 0.717) is 40.8 Å². The van der Waals surface area contributed by atoms with Gasteiger partial charge in [0, 0.05) is 16.6 Å². The first-order valence-electron chi connectivity index (χ1n) is 9.79. The highest BCUT2D eigenvalue weighted by Crippen LogP contribution is 2.37. The number of rotatable bonds is 8. The third kappa shape index (κ3) is 4.38. The first-order chi connectivity index (χ1) is 14.8. The van der Waals surface area contributed by atoms with E-state index in [4.69, 9.17) is 4.74 Å². The average molecular weight is 431 g/mol. The van der Waals surface area contributed by atoms with Gasteiger partial charge in [0.05, 0.1) is 18.5 Å². The molecule has 3 aromatic rings. The summed E-state index contributed by atoms with van der Waals surface area (Å²) in [6, 6.07) is 10.5. The van der Waals surface area contributed by atoms with Gasteiger partial charge in [0.15, 0.2) is 0 Å². The van der Waals surface area contributed by atoms with E-state index in [1.165, 1.54) is 35.9 Å². The van der Waals surface area contributed by atoms with Crippen LogP contribution in [0, 0.1) is 6.92 Å². The summed E-state index contributed by atoms with van der Waals surface area (Å²) in [4.78, 5) is 25.3. The van der Waals surface area contributed by atoms with Crippen LogP contribution >= 0.6 is 0 Å². The van der Waals surface area contributed by atoms with Gasteiger partial charge in [0.25, 0.3) is 5.91 Å². The summed E-state index contributed by atoms with van der Waals surface area (Å²) < 4.78 is 35.9. The number of fused-ring (bicyclic) bond motifs is 1. The molecular weight excluding hydrogens is 408 g/mol. The molecule has 1 unspecified atom stereocenters. The highest BCUT2D eigenvalue weighted by molar-refractivity contribution is 6.05. The molecule has 0 aliphatic rings. The average Bonchev–Trinajstić information content (AvgIpc) is 3.02. The number of halogens is 2. The van der Waals surface area contributed by atoms with Crippen molar-refractivity contribution in [2.24, 2.45) is 0 Å². The zero-order valence-corrected chi connectivity index (χ0v) is 17.4. The number of nitrogens with zero attached hydrogens (tertiary/aromatic N) is 1. The number of alkyl halides is 2. The number of benzene rings is 2. The van der Waals surface area contributed by atoms with Gasteiger partial charge in [-0.3, -0.25) is 14.2 Å². The number of hydrogen-bond acceptors (Lipinski definition) is 4. The van der Waals surface area contributed by atoms with Crippen LogP contribution in [-0.4, -0.2) is 35.3 Å². The summed E-state index contributed by atoms with van der Waals surface area (Å²) in [6.07, 6.45) is 1.08. The monoisotopic (exact) mass is 431 g/mol. The second kappa shape index (κ2) is 9.16. The lowest BCUT2D eigenvalue weighted by atomic mass is 9.92. The van der Waals surface area contributed by atoms with Crippen LogP contribution in [0.5, 0.6) is 11.5 Å². The number of ether oxygens (including phenoxy) is 2. The van der Waals surface area contributed by atoms with Crippen LogP contribution in [-0.2, 0) is 4.79 Å². The molecule has 1 atom stereocenters. The third-order valence-electron chi connectivity index (χ3n) is 5.21. The Balaban J connectivity index is 2.17. The molecule has 0 bridgehead atoms. The Morgan fingerprint density at radius 2 is 1.74 bits per heavy atom. The van der Waals surface area contributed by atoms with E-state index in [-0.39, 0.29) is 11.3 Å². The number of carboxylic acids is 1. The van der Waals surface area contributed by atoms with E-state index >= 15 is 0 Å². The SMILES string of the molecule is CCCC(C(=O)O)c1c(C)n(C(=O)c2ccc(OC(F)F)cc2)c2ccc(OC)cc12. The molecule has 0 radical (unpaired) electrons. The van der Waals surface area contributed by atoms with Crippen LogP contribution in [0.2, 0.25) is 0 Å². The molecule has 0 aliphatic heterocycles. The quantitative estimate of drug-likeness (QED) is 0.529. The Hall–Kier alpha value is -3.42. The normalized spacial score (nSPS) is 12.2. The van der Waals surface area contributed by atoms with Crippen molar-refractivity contribution < 1.29 is 33.0 Å². The summed E-state index contributed by atoms with van der Waals surface area (Å²) in [7, 11) is 1.51. The summed E-state index contributed by atoms with van der Waals surface area (Å²) in [5.41, 5.74) is 1.89. The first-order valence-corrected chi connectivity index (χ1v) is 9.79. The molecule has 1 aromatic heterocycles. The molecule has 1 N–H and O–H groups in total. The van der Waals surface area contributed by atoms with Crippen molar-refractivity contribution in [1.29, 1.82) is 0 Å². The summed E-state index contributed by atoms with van der Waals surface area (Å²) in [5.74, 6) is -1.65. The maximum absolute atomic E-state index is 13.3. The molecule has 164 valence electrons. The van der Waals surface area contributed by atoms with Crippen LogP contribution in [0.1, 0.15) is 47.3 Å². The maximum atomic E-state index is 13.3. The summed E-state index contributed by atoms with van der Waals surface area (Å²) in [6.45, 7) is 0.653. The fourth-order valence-electron chi connectivity index (χ4n) is 3.84. The van der Waals surface area contributed by atoms with Crippen LogP contribution in [0.25, 0.3) is 10.9 Å². The van der Waals surface area contributed by atoms with Gasteiger partial charge < -0.3 is 14.6 Å². The van der Waals surface area contributed by atoms with Crippen LogP contribution in [0.4, 0.5) is 8.78 Å². The van der Waals surface area contributed by atoms with E-state index in [2.05, 4.69) is 4.74 Å². The van der Waals surface area contributed by atoms with Crippen molar-refractivity contribution in [1.82, 2.24) is 4.57 Å². The lowest BCUT2D eigenvalue weighted by Crippen LogP contribution is -2.16. The number of hydrogen-bond donors (Lipinski definition) is 1. The van der Waals surface area contributed by atoms with Crippen molar-refractivity contribution in [2.45, 2.75) is 39.2 Å². The van der Waals surface area contributed by atoms with Crippen LogP contribution < -0.4 is 9.47 Å². The Morgan fingerprint density at radius 3 is 2.29 bits per heavy atom. The molecule has 0 spiro atoms. The van der Waals surface area contributed by atoms with Crippen molar-refractivity contribution in [3.05, 3.63) is 59.3 Å². The zero-order valence-electron chi connectivity index (χ0n) is 17.4. The minimum Gasteiger partial charge on any atom is -0.497 e. The molecule has 2 aromatic carbocycles. The van der Waals surface area contributed by atoms with Crippen LogP contribution in [0.15, 0.2) is 42.5 Å². The molecule has 8 heteroatoms. The van der Waals surface area contributed by atoms with Gasteiger partial charge >= 0.3 is 12.6 Å². The summed E-state index contributed by atoms with van der Waals surface area (Å²) >= 11 is 0. The fraction of sp³-hybridized carbons (Fsp3) is 0.304. The van der Waals surface area contributed by atoms with Gasteiger partial charge in [-0.25, -0.2) is 0 Å². The molecule has 0 fully saturated rings. The molecule has 31 heavy (non-hydrogen) atoms. The zero-order chi connectivity index (χ0) is 22.7. The standard InChI is InChI=1S/C23H23F2NO5/c1-4-5-17(22(28)29)20-13(2)26(19-11-10-16(30-3)12-18(19)20)21(27)14-6-8-15(9-7-14)31-23(24)25/h6-12,17,23H,4-5H2,1-3H3,(H,28,29). The second-order valence-corrected chi connectivity index (χ2v) is 7.11. The second-order valence-electron chi connectivity index (χ2n) is 7.11. The Bertz CT molecular complexity index is 1110. The van der Waals surface area contributed by atoms with Gasteiger partial charge in [-0.1, -0.05) is 13.3 Å². The number of methoxy groups -OCH3 is 1. The van der Waals surface area contributed by atoms with Crippen molar-refractivity contribution in [3.8, 4) is 11.5 Å². The summed E-state index contributed by atoms with van der Waals surface area (Å²) in [5, 5.41) is 10.5. The number of aliphatic carboxylic acids is 1. The largest absolute Gasteiger partial charge is 0.497 e. The molecule has 3 rings (SSSR count). The third-order valence-corrected chi connectivity index (χ3v) is 5.21. The maximum Gasteiger partial charge on any atom is 0.387 e. The van der Waals surface area contributed by atoms with Crippen molar-refractivity contribution in [2.75, 3.05) is 7.11 Å². The van der Waals surface area contributed by atoms with E-state index in [1.807, 2.05) is 6.92 Å². The number of carboxylic acid groups (broad SMARTS) is 1. The molecule has 0 amide bonds. The van der Waals surface area contributed by atoms with E-state index in [9.17, 15) is 23.5 Å². The number of carbonyl (C=O) groups excluding carboxylic acids is 1. The molecule has 0 saturated heterocycles. The van der Waals surface area contributed by atoms with Crippen LogP contribution in [0.3, 0.4) is 0 Å². The predicted octanol–water partition coefficient (Wildman–Crippen LogP) is 5.22. The minimum atomic E-state index is -2.96. The van der Waals surface area contributed by atoms with Crippen molar-refractivity contribution >= 4 is 22.8 Å². The Kier molecular flexibility index (Phi) is 6.58. The highest BCUT2D eigenvalue weighted by Gasteiger charge is 2.29. The van der Waals surface area contributed by atoms with Gasteiger partial charge in [-0.05, 0) is 61.4 Å². The first kappa shape index (κ1) is 22.3. The molecule has 6 nitrogen and oxygen atoms in total. The van der Waals surface area contributed by atoms with E-state index in [1.54, 1.807) is 25.1 Å². The Labute approximate surface area is 178 Å². The van der Waals surface area contributed by atoms with Gasteiger partial charge in [-0.2, -0.15) is 8.78 Å². The molecule has 0 saturated carbocycles. The lowest BCUT2D eigenvalue weighted by Gasteiger charge is -2.13. The van der Waals surface area contributed by atoms with Gasteiger partial charge in [0.2, 0.25) is 0 Å². The predicted molar refractivity (Wildman–Crippen MR) is 111 cm³/mol. The van der Waals surface area contributed by atoms with Crippen molar-refractivity contribution in [3.63, 3.8) is 0 Å². The molecule has 0 aliphatic carbocycles. The van der Waals surface area contributed by atoms with Gasteiger partial charge in [-0.15, -0.1) is 0 Å². The smallest absolute Gasteiger partial charge is 0.387 e. The number of carbonyl (C=O) groups is 2. The van der Waals surface area contributed by atoms with E-state index in [0.717, 1.165) is 0 Å².